The Kier molecular flexibility index (Phi) is 4.91. The summed E-state index contributed by atoms with van der Waals surface area (Å²) in [6, 6.07) is 0. The summed E-state index contributed by atoms with van der Waals surface area (Å²) in [4.78, 5) is 26.5. The fourth-order valence-corrected chi connectivity index (χ4v) is 4.76. The molecule has 3 heterocycles. The molecule has 8 heteroatoms. The molecule has 3 aliphatic heterocycles. The van der Waals surface area contributed by atoms with Crippen molar-refractivity contribution in [2.24, 2.45) is 0 Å². The van der Waals surface area contributed by atoms with Crippen LogP contribution in [0.4, 0.5) is 9.59 Å². The Morgan fingerprint density at radius 2 is 1.57 bits per heavy atom. The molecule has 0 radical (unpaired) electrons. The summed E-state index contributed by atoms with van der Waals surface area (Å²) in [6.07, 6.45) is 1.45. The van der Waals surface area contributed by atoms with Crippen molar-refractivity contribution in [3.8, 4) is 0 Å². The number of aliphatic hydroxyl groups is 1. The highest BCUT2D eigenvalue weighted by atomic mass is 16.6. The number of hydrogen-bond donors (Lipinski definition) is 2. The molecule has 160 valence electrons. The summed E-state index contributed by atoms with van der Waals surface area (Å²) < 4.78 is 17.3. The average molecular weight is 399 g/mol. The van der Waals surface area contributed by atoms with Gasteiger partial charge < -0.3 is 29.5 Å². The summed E-state index contributed by atoms with van der Waals surface area (Å²) in [5, 5.41) is 12.9. The lowest BCUT2D eigenvalue weighted by Crippen LogP contribution is -2.68. The number of carbonyl (C=O) groups excluding carboxylic acids is 2. The van der Waals surface area contributed by atoms with Crippen LogP contribution in [0.1, 0.15) is 67.2 Å². The fourth-order valence-electron chi connectivity index (χ4n) is 4.76. The van der Waals surface area contributed by atoms with E-state index in [4.69, 9.17) is 14.2 Å². The molecular formula is C20H34N2O6. The van der Waals surface area contributed by atoms with Crippen molar-refractivity contribution in [3.63, 3.8) is 0 Å². The molecule has 4 fully saturated rings. The number of alkyl carbamates (subject to hydrolysis) is 1. The summed E-state index contributed by atoms with van der Waals surface area (Å²) in [6.45, 7) is 11.9. The Hall–Kier alpha value is -1.54. The van der Waals surface area contributed by atoms with Crippen molar-refractivity contribution in [1.82, 2.24) is 10.2 Å². The molecule has 0 atom stereocenters. The number of carbonyl (C=O) groups is 2. The Morgan fingerprint density at radius 3 is 2.04 bits per heavy atom. The lowest BCUT2D eigenvalue weighted by atomic mass is 9.60. The van der Waals surface area contributed by atoms with Gasteiger partial charge in [-0.1, -0.05) is 0 Å². The highest BCUT2D eigenvalue weighted by Crippen LogP contribution is 2.63. The number of aliphatic hydroxyl groups excluding tert-OH is 1. The van der Waals surface area contributed by atoms with E-state index in [-0.39, 0.29) is 12.7 Å². The van der Waals surface area contributed by atoms with E-state index >= 15 is 0 Å². The first-order valence-electron chi connectivity index (χ1n) is 10.0. The van der Waals surface area contributed by atoms with E-state index < -0.39 is 34.0 Å². The molecule has 2 bridgehead atoms. The van der Waals surface area contributed by atoms with Gasteiger partial charge >= 0.3 is 12.2 Å². The van der Waals surface area contributed by atoms with Crippen LogP contribution >= 0.6 is 0 Å². The average Bonchev–Trinajstić information content (AvgIpc) is 2.87. The van der Waals surface area contributed by atoms with Gasteiger partial charge in [0.2, 0.25) is 0 Å². The number of hydrogen-bond acceptors (Lipinski definition) is 6. The van der Waals surface area contributed by atoms with E-state index in [9.17, 15) is 14.7 Å². The molecule has 0 unspecified atom stereocenters. The third kappa shape index (κ3) is 3.81. The van der Waals surface area contributed by atoms with Gasteiger partial charge in [-0.3, -0.25) is 0 Å². The van der Waals surface area contributed by atoms with Crippen LogP contribution in [0.5, 0.6) is 0 Å². The second-order valence-corrected chi connectivity index (χ2v) is 10.5. The zero-order chi connectivity index (χ0) is 21.0. The van der Waals surface area contributed by atoms with Gasteiger partial charge in [-0.05, 0) is 54.4 Å². The molecule has 0 aromatic rings. The first-order chi connectivity index (χ1) is 12.7. The van der Waals surface area contributed by atoms with Crippen LogP contribution in [0.2, 0.25) is 0 Å². The van der Waals surface area contributed by atoms with E-state index in [0.717, 1.165) is 0 Å². The topological polar surface area (TPSA) is 97.3 Å². The molecule has 4 rings (SSSR count). The van der Waals surface area contributed by atoms with E-state index in [2.05, 4.69) is 5.32 Å². The quantitative estimate of drug-likeness (QED) is 0.742. The predicted molar refractivity (Wildman–Crippen MR) is 102 cm³/mol. The maximum atomic E-state index is 12.5. The molecule has 2 amide bonds. The number of nitrogens with zero attached hydrogens (tertiary/aromatic N) is 1. The molecule has 1 aliphatic carbocycles. The predicted octanol–water partition coefficient (Wildman–Crippen LogP) is 2.57. The monoisotopic (exact) mass is 398 g/mol. The van der Waals surface area contributed by atoms with Gasteiger partial charge in [0, 0.05) is 25.9 Å². The number of rotatable bonds is 2. The third-order valence-electron chi connectivity index (χ3n) is 5.78. The minimum absolute atomic E-state index is 0.0811. The van der Waals surface area contributed by atoms with Gasteiger partial charge in [-0.15, -0.1) is 0 Å². The lowest BCUT2D eigenvalue weighted by Gasteiger charge is -2.50. The molecule has 0 aromatic carbocycles. The molecule has 0 aromatic heterocycles. The Morgan fingerprint density at radius 1 is 1.04 bits per heavy atom. The van der Waals surface area contributed by atoms with Crippen LogP contribution in [0, 0.1) is 0 Å². The van der Waals surface area contributed by atoms with Gasteiger partial charge in [0.1, 0.15) is 11.2 Å². The summed E-state index contributed by atoms with van der Waals surface area (Å²) >= 11 is 0. The zero-order valence-electron chi connectivity index (χ0n) is 17.9. The van der Waals surface area contributed by atoms with Crippen LogP contribution in [0.25, 0.3) is 0 Å². The maximum Gasteiger partial charge on any atom is 0.410 e. The lowest BCUT2D eigenvalue weighted by molar-refractivity contribution is -0.114. The second-order valence-electron chi connectivity index (χ2n) is 10.5. The van der Waals surface area contributed by atoms with E-state index in [0.29, 0.717) is 38.8 Å². The van der Waals surface area contributed by atoms with Crippen LogP contribution in [0.3, 0.4) is 0 Å². The molecule has 28 heavy (non-hydrogen) atoms. The van der Waals surface area contributed by atoms with Gasteiger partial charge in [0.05, 0.1) is 23.3 Å². The minimum Gasteiger partial charge on any atom is -0.444 e. The smallest absolute Gasteiger partial charge is 0.410 e. The molecule has 8 nitrogen and oxygen atoms in total. The van der Waals surface area contributed by atoms with Gasteiger partial charge in [0.15, 0.2) is 0 Å². The Balaban J connectivity index is 1.70. The van der Waals surface area contributed by atoms with Gasteiger partial charge in [-0.25, -0.2) is 9.59 Å². The van der Waals surface area contributed by atoms with Crippen molar-refractivity contribution in [1.29, 1.82) is 0 Å². The van der Waals surface area contributed by atoms with Crippen LogP contribution in [-0.4, -0.2) is 69.8 Å². The molecule has 2 N–H and O–H groups in total. The molecule has 1 saturated carbocycles. The highest BCUT2D eigenvalue weighted by Gasteiger charge is 2.75. The largest absolute Gasteiger partial charge is 0.444 e. The maximum absolute atomic E-state index is 12.5. The number of piperidine rings is 1. The zero-order valence-corrected chi connectivity index (χ0v) is 17.9. The van der Waals surface area contributed by atoms with Gasteiger partial charge in [0.25, 0.3) is 0 Å². The number of nitrogens with one attached hydrogen (secondary N) is 1. The number of likely N-dealkylation sites (tertiary alicyclic amines) is 1. The standard InChI is InChI=1S/C20H34N2O6/c1-16(2,3)26-14(24)21-19-11-18(12-19,13-23)28-20(19)7-9-22(10-8-20)15(25)27-17(4,5)6/h23H,7-13H2,1-6H3,(H,21,24). The van der Waals surface area contributed by atoms with Crippen LogP contribution in [0.15, 0.2) is 0 Å². The minimum atomic E-state index is -0.608. The van der Waals surface area contributed by atoms with Gasteiger partial charge in [-0.2, -0.15) is 0 Å². The fraction of sp³-hybridized carbons (Fsp3) is 0.900. The number of ether oxygens (including phenoxy) is 3. The van der Waals surface area contributed by atoms with Crippen LogP contribution < -0.4 is 5.32 Å². The summed E-state index contributed by atoms with van der Waals surface area (Å²) in [5.41, 5.74) is -2.92. The highest BCUT2D eigenvalue weighted by molar-refractivity contribution is 5.70. The van der Waals surface area contributed by atoms with E-state index in [1.165, 1.54) is 0 Å². The SMILES string of the molecule is CC(C)(C)OC(=O)NC12CC(CO)(C1)OC21CCN(C(=O)OC(C)(C)C)CC1. The number of amides is 2. The molecule has 3 saturated heterocycles. The molecule has 1 spiro atoms. The Bertz CT molecular complexity index is 634. The normalized spacial score (nSPS) is 31.3. The van der Waals surface area contributed by atoms with Crippen molar-refractivity contribution in [2.45, 2.75) is 95.2 Å². The summed E-state index contributed by atoms with van der Waals surface area (Å²) in [5.74, 6) is 0. The second kappa shape index (κ2) is 6.49. The van der Waals surface area contributed by atoms with Crippen molar-refractivity contribution < 1.29 is 28.9 Å². The van der Waals surface area contributed by atoms with Crippen molar-refractivity contribution in [2.75, 3.05) is 19.7 Å². The third-order valence-corrected chi connectivity index (χ3v) is 5.78. The molecular weight excluding hydrogens is 364 g/mol. The van der Waals surface area contributed by atoms with Crippen molar-refractivity contribution in [3.05, 3.63) is 0 Å². The van der Waals surface area contributed by atoms with Crippen molar-refractivity contribution >= 4 is 12.2 Å². The first kappa shape index (κ1) is 21.2. The van der Waals surface area contributed by atoms with E-state index in [1.807, 2.05) is 41.5 Å². The Labute approximate surface area is 166 Å². The first-order valence-corrected chi connectivity index (χ1v) is 10.0. The molecule has 4 aliphatic rings. The van der Waals surface area contributed by atoms with Crippen LogP contribution in [-0.2, 0) is 14.2 Å². The van der Waals surface area contributed by atoms with E-state index in [1.54, 1.807) is 4.90 Å². The summed E-state index contributed by atoms with van der Waals surface area (Å²) in [7, 11) is 0.